The molecule has 0 atom stereocenters. The van der Waals surface area contributed by atoms with Crippen LogP contribution in [0.1, 0.15) is 26.7 Å². The van der Waals surface area contributed by atoms with Gasteiger partial charge in [0, 0.05) is 0 Å². The Morgan fingerprint density at radius 2 is 2.25 bits per heavy atom. The third kappa shape index (κ3) is 5.54. The molecule has 0 unspecified atom stereocenters. The average molecular weight is 114 g/mol. The number of rotatable bonds is 4. The summed E-state index contributed by atoms with van der Waals surface area (Å²) in [6.07, 6.45) is 2.32. The highest BCUT2D eigenvalue weighted by atomic mass is 16.5. The van der Waals surface area contributed by atoms with Crippen LogP contribution in [0.15, 0.2) is 12.3 Å². The molecule has 0 aromatic heterocycles. The molecular formula is C7H14O. The van der Waals surface area contributed by atoms with Gasteiger partial charge < -0.3 is 4.74 Å². The number of ether oxygens (including phenoxy) is 1. The minimum Gasteiger partial charge on any atom is -0.499 e. The highest BCUT2D eigenvalue weighted by molar-refractivity contribution is 4.72. The SMILES string of the molecule is C=C(C)OCCCC. The van der Waals surface area contributed by atoms with Crippen molar-refractivity contribution in [1.82, 2.24) is 0 Å². The molecule has 0 aliphatic rings. The van der Waals surface area contributed by atoms with Crippen LogP contribution in [0.5, 0.6) is 0 Å². The van der Waals surface area contributed by atoms with E-state index < -0.39 is 0 Å². The smallest absolute Gasteiger partial charge is 0.0876 e. The molecule has 8 heavy (non-hydrogen) atoms. The fourth-order valence-electron chi connectivity index (χ4n) is 0.391. The van der Waals surface area contributed by atoms with Crippen LogP contribution < -0.4 is 0 Å². The lowest BCUT2D eigenvalue weighted by molar-refractivity contribution is 0.211. The number of hydrogen-bond acceptors (Lipinski definition) is 1. The third-order valence-electron chi connectivity index (χ3n) is 0.846. The molecule has 0 saturated carbocycles. The normalized spacial score (nSPS) is 8.75. The Hall–Kier alpha value is -0.460. The summed E-state index contributed by atoms with van der Waals surface area (Å²) in [5.41, 5.74) is 0. The molecule has 0 N–H and O–H groups in total. The predicted molar refractivity (Wildman–Crippen MR) is 35.7 cm³/mol. The van der Waals surface area contributed by atoms with Crippen molar-refractivity contribution >= 4 is 0 Å². The van der Waals surface area contributed by atoms with E-state index in [2.05, 4.69) is 13.5 Å². The summed E-state index contributed by atoms with van der Waals surface area (Å²) < 4.78 is 5.09. The van der Waals surface area contributed by atoms with Gasteiger partial charge in [-0.25, -0.2) is 0 Å². The van der Waals surface area contributed by atoms with Crippen LogP contribution in [0.3, 0.4) is 0 Å². The summed E-state index contributed by atoms with van der Waals surface area (Å²) in [6, 6.07) is 0. The van der Waals surface area contributed by atoms with E-state index >= 15 is 0 Å². The molecule has 0 fully saturated rings. The molecule has 0 heterocycles. The summed E-state index contributed by atoms with van der Waals surface area (Å²) in [5.74, 6) is 0.818. The lowest BCUT2D eigenvalue weighted by Crippen LogP contribution is -1.88. The Labute approximate surface area is 51.4 Å². The molecule has 0 amide bonds. The summed E-state index contributed by atoms with van der Waals surface area (Å²) in [4.78, 5) is 0. The molecule has 1 nitrogen and oxygen atoms in total. The van der Waals surface area contributed by atoms with Crippen molar-refractivity contribution in [3.8, 4) is 0 Å². The van der Waals surface area contributed by atoms with Crippen molar-refractivity contribution in [3.63, 3.8) is 0 Å². The first-order valence-electron chi connectivity index (χ1n) is 3.05. The third-order valence-corrected chi connectivity index (χ3v) is 0.846. The molecule has 0 aromatic rings. The zero-order valence-electron chi connectivity index (χ0n) is 5.74. The monoisotopic (exact) mass is 114 g/mol. The number of unbranched alkanes of at least 4 members (excludes halogenated alkanes) is 1. The van der Waals surface area contributed by atoms with E-state index in [-0.39, 0.29) is 0 Å². The predicted octanol–water partition coefficient (Wildman–Crippen LogP) is 2.34. The van der Waals surface area contributed by atoms with Gasteiger partial charge in [0.15, 0.2) is 0 Å². The molecule has 0 aliphatic heterocycles. The fraction of sp³-hybridized carbons (Fsp3) is 0.714. The van der Waals surface area contributed by atoms with Gasteiger partial charge >= 0.3 is 0 Å². The van der Waals surface area contributed by atoms with Crippen LogP contribution in [0.2, 0.25) is 0 Å². The van der Waals surface area contributed by atoms with Gasteiger partial charge in [-0.1, -0.05) is 19.9 Å². The van der Waals surface area contributed by atoms with Crippen LogP contribution in [0, 0.1) is 0 Å². The van der Waals surface area contributed by atoms with E-state index in [1.165, 1.54) is 6.42 Å². The van der Waals surface area contributed by atoms with Gasteiger partial charge in [-0.3, -0.25) is 0 Å². The Kier molecular flexibility index (Phi) is 4.42. The summed E-state index contributed by atoms with van der Waals surface area (Å²) >= 11 is 0. The molecular weight excluding hydrogens is 100 g/mol. The van der Waals surface area contributed by atoms with E-state index in [1.807, 2.05) is 6.92 Å². The molecule has 0 aliphatic carbocycles. The first kappa shape index (κ1) is 7.54. The van der Waals surface area contributed by atoms with Gasteiger partial charge in [0.25, 0.3) is 0 Å². The highest BCUT2D eigenvalue weighted by Crippen LogP contribution is 1.93. The second kappa shape index (κ2) is 4.69. The van der Waals surface area contributed by atoms with E-state index in [0.29, 0.717) is 0 Å². The lowest BCUT2D eigenvalue weighted by Gasteiger charge is -2.01. The highest BCUT2D eigenvalue weighted by Gasteiger charge is 1.82. The maximum absolute atomic E-state index is 5.09. The molecule has 0 saturated heterocycles. The first-order valence-corrected chi connectivity index (χ1v) is 3.05. The van der Waals surface area contributed by atoms with Gasteiger partial charge in [0.05, 0.1) is 12.4 Å². The van der Waals surface area contributed by atoms with E-state index in [0.717, 1.165) is 18.8 Å². The van der Waals surface area contributed by atoms with Gasteiger partial charge in [-0.05, 0) is 13.3 Å². The van der Waals surface area contributed by atoms with Crippen LogP contribution in [0.25, 0.3) is 0 Å². The fourth-order valence-corrected chi connectivity index (χ4v) is 0.391. The largest absolute Gasteiger partial charge is 0.499 e. The standard InChI is InChI=1S/C7H14O/c1-4-5-6-8-7(2)3/h2,4-6H2,1,3H3. The van der Waals surface area contributed by atoms with E-state index in [9.17, 15) is 0 Å². The van der Waals surface area contributed by atoms with Crippen molar-refractivity contribution in [2.75, 3.05) is 6.61 Å². The van der Waals surface area contributed by atoms with Crippen molar-refractivity contribution < 1.29 is 4.74 Å². The summed E-state index contributed by atoms with van der Waals surface area (Å²) in [6.45, 7) is 8.44. The molecule has 48 valence electrons. The second-order valence-electron chi connectivity index (χ2n) is 1.90. The Morgan fingerprint density at radius 3 is 2.62 bits per heavy atom. The van der Waals surface area contributed by atoms with Gasteiger partial charge in [-0.15, -0.1) is 0 Å². The van der Waals surface area contributed by atoms with Crippen molar-refractivity contribution in [1.29, 1.82) is 0 Å². The van der Waals surface area contributed by atoms with Gasteiger partial charge in [-0.2, -0.15) is 0 Å². The molecule has 0 rings (SSSR count). The Bertz CT molecular complexity index is 66.8. The van der Waals surface area contributed by atoms with Crippen molar-refractivity contribution in [2.45, 2.75) is 26.7 Å². The summed E-state index contributed by atoms with van der Waals surface area (Å²) in [7, 11) is 0. The topological polar surface area (TPSA) is 9.23 Å². The Morgan fingerprint density at radius 1 is 1.62 bits per heavy atom. The van der Waals surface area contributed by atoms with Crippen LogP contribution in [-0.4, -0.2) is 6.61 Å². The zero-order valence-corrected chi connectivity index (χ0v) is 5.74. The summed E-state index contributed by atoms with van der Waals surface area (Å²) in [5, 5.41) is 0. The van der Waals surface area contributed by atoms with Gasteiger partial charge in [0.2, 0.25) is 0 Å². The maximum Gasteiger partial charge on any atom is 0.0876 e. The molecule has 0 radical (unpaired) electrons. The lowest BCUT2D eigenvalue weighted by atomic mass is 10.4. The van der Waals surface area contributed by atoms with Crippen LogP contribution in [-0.2, 0) is 4.74 Å². The van der Waals surface area contributed by atoms with Gasteiger partial charge in [0.1, 0.15) is 0 Å². The first-order chi connectivity index (χ1) is 3.77. The molecule has 0 aromatic carbocycles. The van der Waals surface area contributed by atoms with Crippen LogP contribution >= 0.6 is 0 Å². The van der Waals surface area contributed by atoms with Crippen molar-refractivity contribution in [2.24, 2.45) is 0 Å². The minimum atomic E-state index is 0.818. The zero-order chi connectivity index (χ0) is 6.41. The number of allylic oxidation sites excluding steroid dienone is 1. The molecule has 0 bridgehead atoms. The minimum absolute atomic E-state index is 0.818. The number of hydrogen-bond donors (Lipinski definition) is 0. The average Bonchev–Trinajstić information content (AvgIpc) is 1.66. The maximum atomic E-state index is 5.09. The molecule has 0 spiro atoms. The Balaban J connectivity index is 2.82. The van der Waals surface area contributed by atoms with E-state index in [1.54, 1.807) is 0 Å². The van der Waals surface area contributed by atoms with Crippen LogP contribution in [0.4, 0.5) is 0 Å². The van der Waals surface area contributed by atoms with E-state index in [4.69, 9.17) is 4.74 Å². The quantitative estimate of drug-likeness (QED) is 0.402. The second-order valence-corrected chi connectivity index (χ2v) is 1.90. The van der Waals surface area contributed by atoms with Crippen molar-refractivity contribution in [3.05, 3.63) is 12.3 Å². The molecule has 1 heteroatoms.